The van der Waals surface area contributed by atoms with E-state index in [9.17, 15) is 0 Å². The van der Waals surface area contributed by atoms with E-state index in [2.05, 4.69) is 10.3 Å². The van der Waals surface area contributed by atoms with Gasteiger partial charge in [0.1, 0.15) is 0 Å². The number of nitrogens with one attached hydrogen (secondary N) is 1. The number of hydrogen-bond donors (Lipinski definition) is 2. The highest BCUT2D eigenvalue weighted by atomic mass is 32.1. The lowest BCUT2D eigenvalue weighted by atomic mass is 10.3. The van der Waals surface area contributed by atoms with E-state index in [1.54, 1.807) is 11.3 Å². The van der Waals surface area contributed by atoms with Crippen molar-refractivity contribution in [2.45, 2.75) is 13.8 Å². The van der Waals surface area contributed by atoms with Gasteiger partial charge in [0.2, 0.25) is 0 Å². The summed E-state index contributed by atoms with van der Waals surface area (Å²) in [5, 5.41) is 4.17. The predicted octanol–water partition coefficient (Wildman–Crippen LogP) is 4.65. The molecule has 0 unspecified atom stereocenters. The standard InChI is InChI=1S/C13H11N3S.C2H6/c14-9-6-7-11-12(8-9)17-13(16-11)15-10-4-2-1-3-5-10;1-2/h1-8H,14H2,(H,15,16);1-2H3. The van der Waals surface area contributed by atoms with Crippen LogP contribution in [-0.4, -0.2) is 4.98 Å². The molecule has 0 radical (unpaired) electrons. The molecule has 3 nitrogen and oxygen atoms in total. The van der Waals surface area contributed by atoms with Crippen molar-refractivity contribution < 1.29 is 0 Å². The molecule has 19 heavy (non-hydrogen) atoms. The van der Waals surface area contributed by atoms with Crippen LogP contribution < -0.4 is 11.1 Å². The Morgan fingerprint density at radius 2 is 1.79 bits per heavy atom. The van der Waals surface area contributed by atoms with Crippen LogP contribution in [0.4, 0.5) is 16.5 Å². The lowest BCUT2D eigenvalue weighted by Crippen LogP contribution is -1.87. The Labute approximate surface area is 117 Å². The molecule has 3 N–H and O–H groups in total. The largest absolute Gasteiger partial charge is 0.399 e. The van der Waals surface area contributed by atoms with Crippen LogP contribution in [0.15, 0.2) is 48.5 Å². The summed E-state index contributed by atoms with van der Waals surface area (Å²) in [4.78, 5) is 4.50. The molecule has 0 saturated heterocycles. The molecule has 2 aromatic carbocycles. The first-order valence-electron chi connectivity index (χ1n) is 6.29. The van der Waals surface area contributed by atoms with Crippen molar-refractivity contribution in [3.8, 4) is 0 Å². The molecule has 4 heteroatoms. The van der Waals surface area contributed by atoms with Gasteiger partial charge in [0, 0.05) is 11.4 Å². The second kappa shape index (κ2) is 6.20. The number of nitrogens with zero attached hydrogens (tertiary/aromatic N) is 1. The van der Waals surface area contributed by atoms with E-state index in [0.29, 0.717) is 0 Å². The highest BCUT2D eigenvalue weighted by molar-refractivity contribution is 7.22. The molecule has 0 bridgehead atoms. The molecule has 1 heterocycles. The predicted molar refractivity (Wildman–Crippen MR) is 85.1 cm³/mol. The number of anilines is 3. The molecule has 3 rings (SSSR count). The minimum absolute atomic E-state index is 0.771. The summed E-state index contributed by atoms with van der Waals surface area (Å²) in [6, 6.07) is 15.8. The van der Waals surface area contributed by atoms with Crippen molar-refractivity contribution >= 4 is 38.1 Å². The second-order valence-electron chi connectivity index (χ2n) is 3.74. The maximum Gasteiger partial charge on any atom is 0.188 e. The van der Waals surface area contributed by atoms with Gasteiger partial charge in [-0.1, -0.05) is 43.4 Å². The molecule has 0 spiro atoms. The highest BCUT2D eigenvalue weighted by Crippen LogP contribution is 2.29. The maximum atomic E-state index is 5.74. The quantitative estimate of drug-likeness (QED) is 0.667. The topological polar surface area (TPSA) is 50.9 Å². The minimum Gasteiger partial charge on any atom is -0.399 e. The number of rotatable bonds is 2. The van der Waals surface area contributed by atoms with E-state index in [4.69, 9.17) is 5.73 Å². The van der Waals surface area contributed by atoms with Crippen molar-refractivity contribution in [2.24, 2.45) is 0 Å². The Bertz CT molecular complexity index is 647. The number of nitrogens with two attached hydrogens (primary N) is 1. The van der Waals surface area contributed by atoms with Gasteiger partial charge in [-0.3, -0.25) is 0 Å². The van der Waals surface area contributed by atoms with Gasteiger partial charge in [0.15, 0.2) is 5.13 Å². The number of para-hydroxylation sites is 1. The van der Waals surface area contributed by atoms with Gasteiger partial charge in [-0.05, 0) is 30.3 Å². The molecule has 1 aromatic heterocycles. The molecule has 0 aliphatic rings. The first kappa shape index (κ1) is 13.4. The average Bonchev–Trinajstić information content (AvgIpc) is 2.83. The third-order valence-electron chi connectivity index (χ3n) is 2.44. The van der Waals surface area contributed by atoms with Gasteiger partial charge in [-0.15, -0.1) is 0 Å². The fourth-order valence-corrected chi connectivity index (χ4v) is 2.57. The number of nitrogen functional groups attached to an aromatic ring is 1. The SMILES string of the molecule is CC.Nc1ccc2nc(Nc3ccccc3)sc2c1. The van der Waals surface area contributed by atoms with Crippen molar-refractivity contribution in [2.75, 3.05) is 11.1 Å². The first-order chi connectivity index (χ1) is 9.31. The number of thiazole rings is 1. The molecular formula is C15H17N3S. The zero-order valence-electron chi connectivity index (χ0n) is 11.1. The Hall–Kier alpha value is -2.07. The van der Waals surface area contributed by atoms with E-state index < -0.39 is 0 Å². The zero-order valence-corrected chi connectivity index (χ0v) is 11.9. The number of aromatic nitrogens is 1. The Balaban J connectivity index is 0.000000637. The van der Waals surface area contributed by atoms with Crippen molar-refractivity contribution in [3.05, 3.63) is 48.5 Å². The Morgan fingerprint density at radius 1 is 1.05 bits per heavy atom. The number of benzene rings is 2. The van der Waals surface area contributed by atoms with Crippen LogP contribution >= 0.6 is 11.3 Å². The van der Waals surface area contributed by atoms with Crippen LogP contribution in [0.1, 0.15) is 13.8 Å². The highest BCUT2D eigenvalue weighted by Gasteiger charge is 2.03. The van der Waals surface area contributed by atoms with Gasteiger partial charge >= 0.3 is 0 Å². The third kappa shape index (κ3) is 3.23. The van der Waals surface area contributed by atoms with Crippen LogP contribution in [0.2, 0.25) is 0 Å². The summed E-state index contributed by atoms with van der Waals surface area (Å²) in [5.41, 5.74) is 8.53. The van der Waals surface area contributed by atoms with Gasteiger partial charge in [0.25, 0.3) is 0 Å². The summed E-state index contributed by atoms with van der Waals surface area (Å²) < 4.78 is 1.10. The van der Waals surface area contributed by atoms with Crippen LogP contribution in [-0.2, 0) is 0 Å². The summed E-state index contributed by atoms with van der Waals surface area (Å²) >= 11 is 1.60. The lowest BCUT2D eigenvalue weighted by molar-refractivity contribution is 1.44. The maximum absolute atomic E-state index is 5.74. The van der Waals surface area contributed by atoms with Crippen LogP contribution in [0.25, 0.3) is 10.2 Å². The monoisotopic (exact) mass is 271 g/mol. The lowest BCUT2D eigenvalue weighted by Gasteiger charge is -1.99. The first-order valence-corrected chi connectivity index (χ1v) is 7.11. The summed E-state index contributed by atoms with van der Waals surface area (Å²) in [6.07, 6.45) is 0. The summed E-state index contributed by atoms with van der Waals surface area (Å²) in [5.74, 6) is 0. The van der Waals surface area contributed by atoms with Gasteiger partial charge in [-0.25, -0.2) is 4.98 Å². The van der Waals surface area contributed by atoms with E-state index in [-0.39, 0.29) is 0 Å². The fraction of sp³-hybridized carbons (Fsp3) is 0.133. The molecular weight excluding hydrogens is 254 g/mol. The van der Waals surface area contributed by atoms with E-state index >= 15 is 0 Å². The average molecular weight is 271 g/mol. The smallest absolute Gasteiger partial charge is 0.188 e. The van der Waals surface area contributed by atoms with Crippen molar-refractivity contribution in [3.63, 3.8) is 0 Å². The summed E-state index contributed by atoms with van der Waals surface area (Å²) in [7, 11) is 0. The second-order valence-corrected chi connectivity index (χ2v) is 4.77. The van der Waals surface area contributed by atoms with Crippen LogP contribution in [0, 0.1) is 0 Å². The normalized spacial score (nSPS) is 9.79. The van der Waals surface area contributed by atoms with Gasteiger partial charge in [-0.2, -0.15) is 0 Å². The van der Waals surface area contributed by atoms with Crippen molar-refractivity contribution in [1.29, 1.82) is 0 Å². The van der Waals surface area contributed by atoms with Crippen molar-refractivity contribution in [1.82, 2.24) is 4.98 Å². The fourth-order valence-electron chi connectivity index (χ4n) is 1.64. The molecule has 0 aliphatic heterocycles. The number of hydrogen-bond acceptors (Lipinski definition) is 4. The Kier molecular flexibility index (Phi) is 4.36. The molecule has 3 aromatic rings. The van der Waals surface area contributed by atoms with Gasteiger partial charge < -0.3 is 11.1 Å². The molecule has 98 valence electrons. The molecule has 0 aliphatic carbocycles. The molecule has 0 atom stereocenters. The van der Waals surface area contributed by atoms with E-state index in [1.807, 2.05) is 62.4 Å². The van der Waals surface area contributed by atoms with Crippen LogP contribution in [0.5, 0.6) is 0 Å². The number of fused-ring (bicyclic) bond motifs is 1. The van der Waals surface area contributed by atoms with Gasteiger partial charge in [0.05, 0.1) is 10.2 Å². The third-order valence-corrected chi connectivity index (χ3v) is 3.37. The molecule has 0 amide bonds. The molecule has 0 fully saturated rings. The van der Waals surface area contributed by atoms with E-state index in [0.717, 1.165) is 26.7 Å². The minimum atomic E-state index is 0.771. The van der Waals surface area contributed by atoms with Crippen LogP contribution in [0.3, 0.4) is 0 Å². The molecule has 0 saturated carbocycles. The summed E-state index contributed by atoms with van der Waals surface area (Å²) in [6.45, 7) is 4.00. The van der Waals surface area contributed by atoms with E-state index in [1.165, 1.54) is 0 Å². The zero-order chi connectivity index (χ0) is 13.7. The Morgan fingerprint density at radius 3 is 2.53 bits per heavy atom.